The van der Waals surface area contributed by atoms with E-state index in [0.29, 0.717) is 41.3 Å². The molecule has 0 spiro atoms. The Hall–Kier alpha value is -4.25. The van der Waals surface area contributed by atoms with E-state index in [4.69, 9.17) is 14.5 Å². The molecule has 2 N–H and O–H groups in total. The summed E-state index contributed by atoms with van der Waals surface area (Å²) in [6.07, 6.45) is 6.24. The molecular weight excluding hydrogens is 556 g/mol. The number of aromatic nitrogens is 2. The van der Waals surface area contributed by atoms with Crippen molar-refractivity contribution in [3.8, 4) is 11.5 Å². The van der Waals surface area contributed by atoms with E-state index in [-0.39, 0.29) is 41.6 Å². The number of ketones is 1. The minimum absolute atomic E-state index is 0.00404. The summed E-state index contributed by atoms with van der Waals surface area (Å²) >= 11 is 0. The van der Waals surface area contributed by atoms with Gasteiger partial charge in [-0.15, -0.1) is 0 Å². The topological polar surface area (TPSA) is 99.8 Å². The van der Waals surface area contributed by atoms with Crippen LogP contribution < -0.4 is 14.8 Å². The molecule has 3 aromatic rings. The van der Waals surface area contributed by atoms with Crippen molar-refractivity contribution in [2.45, 2.75) is 45.2 Å². The number of methoxy groups -OCH3 is 2. The van der Waals surface area contributed by atoms with E-state index >= 15 is 0 Å². The molecule has 1 amide bonds. The normalized spacial score (nSPS) is 17.7. The number of Topliss-reactive ketones (excluding diaryl/α,β-unsaturated/α-hetero) is 1. The average Bonchev–Trinajstić information content (AvgIpc) is 3.72. The molecule has 226 valence electrons. The summed E-state index contributed by atoms with van der Waals surface area (Å²) in [4.78, 5) is 38.6. The molecular formula is C32H35F2N5O4. The molecule has 2 aliphatic heterocycles. The van der Waals surface area contributed by atoms with Crippen molar-refractivity contribution in [3.63, 3.8) is 0 Å². The number of halogens is 2. The standard InChI is InChI=1S/C32H35F2N5O4/c1-18(13-21-29(34)22(33)16-27(42-2)30(21)43-3)35-23-7-6-8-26(40)28(23)31-36-24-14-19-17-39(12-11-38-9-4-5-10-38)32(41)20(19)15-25(24)37-31/h6-7,14-16,18,35H,4-5,8-13,17H2,1-3H3,(H,36,37)/t18-/m0/s1. The number of rotatable bonds is 10. The molecule has 1 atom stereocenters. The third-order valence-corrected chi connectivity index (χ3v) is 8.41. The van der Waals surface area contributed by atoms with Crippen LogP contribution in [0.2, 0.25) is 0 Å². The lowest BCUT2D eigenvalue weighted by molar-refractivity contribution is -0.113. The third-order valence-electron chi connectivity index (χ3n) is 8.41. The highest BCUT2D eigenvalue weighted by Crippen LogP contribution is 2.36. The predicted molar refractivity (Wildman–Crippen MR) is 158 cm³/mol. The fourth-order valence-electron chi connectivity index (χ4n) is 6.26. The number of fused-ring (bicyclic) bond motifs is 2. The van der Waals surface area contributed by atoms with Gasteiger partial charge in [-0.3, -0.25) is 9.59 Å². The van der Waals surface area contributed by atoms with E-state index in [9.17, 15) is 18.4 Å². The highest BCUT2D eigenvalue weighted by atomic mass is 19.2. The fraction of sp³-hybridized carbons (Fsp3) is 0.406. The average molecular weight is 592 g/mol. The summed E-state index contributed by atoms with van der Waals surface area (Å²) in [6, 6.07) is 4.28. The Morgan fingerprint density at radius 1 is 1.09 bits per heavy atom. The first-order valence-electron chi connectivity index (χ1n) is 14.6. The molecule has 0 saturated carbocycles. The van der Waals surface area contributed by atoms with Crippen molar-refractivity contribution in [2.75, 3.05) is 40.4 Å². The van der Waals surface area contributed by atoms with Crippen LogP contribution in [0.1, 0.15) is 53.5 Å². The molecule has 11 heteroatoms. The van der Waals surface area contributed by atoms with Gasteiger partial charge in [0.25, 0.3) is 5.91 Å². The molecule has 2 aromatic carbocycles. The molecule has 3 heterocycles. The van der Waals surface area contributed by atoms with Gasteiger partial charge in [0.1, 0.15) is 5.82 Å². The van der Waals surface area contributed by atoms with E-state index in [1.54, 1.807) is 25.1 Å². The van der Waals surface area contributed by atoms with Crippen LogP contribution in [-0.2, 0) is 17.8 Å². The van der Waals surface area contributed by atoms with E-state index in [1.165, 1.54) is 27.1 Å². The number of hydrogen-bond donors (Lipinski definition) is 2. The summed E-state index contributed by atoms with van der Waals surface area (Å²) < 4.78 is 39.6. The Morgan fingerprint density at radius 3 is 2.63 bits per heavy atom. The number of allylic oxidation sites excluding steroid dienone is 3. The van der Waals surface area contributed by atoms with Crippen LogP contribution in [0, 0.1) is 11.6 Å². The fourth-order valence-corrected chi connectivity index (χ4v) is 6.26. The monoisotopic (exact) mass is 591 g/mol. The molecule has 1 aromatic heterocycles. The Morgan fingerprint density at radius 2 is 1.88 bits per heavy atom. The molecule has 6 rings (SSSR count). The van der Waals surface area contributed by atoms with Gasteiger partial charge in [-0.05, 0) is 63.0 Å². The highest BCUT2D eigenvalue weighted by Gasteiger charge is 2.30. The van der Waals surface area contributed by atoms with E-state index in [0.717, 1.165) is 36.8 Å². The summed E-state index contributed by atoms with van der Waals surface area (Å²) in [7, 11) is 2.73. The number of carbonyl (C=O) groups excluding carboxylic acids is 2. The van der Waals surface area contributed by atoms with Crippen molar-refractivity contribution < 1.29 is 27.8 Å². The molecule has 0 unspecified atom stereocenters. The zero-order valence-corrected chi connectivity index (χ0v) is 24.6. The Balaban J connectivity index is 1.25. The van der Waals surface area contributed by atoms with Crippen molar-refractivity contribution in [3.05, 3.63) is 70.2 Å². The second kappa shape index (κ2) is 11.8. The van der Waals surface area contributed by atoms with Crippen LogP contribution in [0.5, 0.6) is 11.5 Å². The molecule has 3 aliphatic rings. The van der Waals surface area contributed by atoms with Gasteiger partial charge in [-0.1, -0.05) is 6.08 Å². The van der Waals surface area contributed by atoms with Crippen LogP contribution >= 0.6 is 0 Å². The SMILES string of the molecule is COc1cc(F)c(F)c(C[C@H](C)NC2=C(c3nc4cc5c(cc4[nH]3)CN(CCN3CCCC3)C5=O)C(=O)CC=C2)c1OC. The molecule has 0 radical (unpaired) electrons. The van der Waals surface area contributed by atoms with Gasteiger partial charge in [-0.2, -0.15) is 0 Å². The van der Waals surface area contributed by atoms with Crippen molar-refractivity contribution in [2.24, 2.45) is 0 Å². The minimum atomic E-state index is -1.03. The second-order valence-electron chi connectivity index (χ2n) is 11.3. The number of ether oxygens (including phenoxy) is 2. The van der Waals surface area contributed by atoms with E-state index in [2.05, 4.69) is 15.2 Å². The smallest absolute Gasteiger partial charge is 0.254 e. The maximum atomic E-state index is 14.8. The van der Waals surface area contributed by atoms with Gasteiger partial charge in [-0.25, -0.2) is 13.8 Å². The Bertz CT molecular complexity index is 1660. The van der Waals surface area contributed by atoms with Gasteiger partial charge in [0, 0.05) is 55.0 Å². The molecule has 1 aliphatic carbocycles. The van der Waals surface area contributed by atoms with E-state index in [1.807, 2.05) is 11.0 Å². The number of aromatic amines is 1. The first-order valence-corrected chi connectivity index (χ1v) is 14.6. The summed E-state index contributed by atoms with van der Waals surface area (Å²) in [6.45, 7) is 6.11. The first kappa shape index (κ1) is 28.9. The zero-order valence-electron chi connectivity index (χ0n) is 24.6. The largest absolute Gasteiger partial charge is 0.493 e. The van der Waals surface area contributed by atoms with Crippen molar-refractivity contribution in [1.82, 2.24) is 25.1 Å². The Kier molecular flexibility index (Phi) is 7.91. The highest BCUT2D eigenvalue weighted by molar-refractivity contribution is 6.22. The molecule has 9 nitrogen and oxygen atoms in total. The number of likely N-dealkylation sites (tertiary alicyclic amines) is 1. The summed E-state index contributed by atoms with van der Waals surface area (Å²) in [5.41, 5.74) is 3.84. The van der Waals surface area contributed by atoms with Gasteiger partial charge < -0.3 is 29.6 Å². The molecule has 1 fully saturated rings. The third kappa shape index (κ3) is 5.49. The van der Waals surface area contributed by atoms with Crippen molar-refractivity contribution >= 4 is 28.3 Å². The predicted octanol–water partition coefficient (Wildman–Crippen LogP) is 4.37. The lowest BCUT2D eigenvalue weighted by Crippen LogP contribution is -2.33. The molecule has 1 saturated heterocycles. The number of imidazole rings is 1. The number of nitrogens with one attached hydrogen (secondary N) is 2. The van der Waals surface area contributed by atoms with Crippen LogP contribution in [0.15, 0.2) is 36.0 Å². The molecule has 0 bridgehead atoms. The quantitative estimate of drug-likeness (QED) is 0.361. The number of carbonyl (C=O) groups is 2. The summed E-state index contributed by atoms with van der Waals surface area (Å²) in [5.74, 6) is -1.57. The Labute approximate surface area is 248 Å². The minimum Gasteiger partial charge on any atom is -0.493 e. The maximum Gasteiger partial charge on any atom is 0.254 e. The zero-order chi connectivity index (χ0) is 30.2. The number of benzene rings is 2. The lowest BCUT2D eigenvalue weighted by atomic mass is 9.98. The summed E-state index contributed by atoms with van der Waals surface area (Å²) in [5, 5.41) is 3.28. The van der Waals surface area contributed by atoms with E-state index < -0.39 is 17.7 Å². The van der Waals surface area contributed by atoms with Crippen LogP contribution in [0.4, 0.5) is 8.78 Å². The number of hydrogen-bond acceptors (Lipinski definition) is 7. The van der Waals surface area contributed by atoms with Crippen molar-refractivity contribution in [1.29, 1.82) is 0 Å². The number of H-pyrrole nitrogens is 1. The maximum absolute atomic E-state index is 14.8. The number of amides is 1. The van der Waals surface area contributed by atoms with Gasteiger partial charge in [0.05, 0.1) is 30.8 Å². The van der Waals surface area contributed by atoms with Crippen LogP contribution in [-0.4, -0.2) is 77.9 Å². The van der Waals surface area contributed by atoms with Gasteiger partial charge >= 0.3 is 0 Å². The lowest BCUT2D eigenvalue weighted by Gasteiger charge is -2.22. The van der Waals surface area contributed by atoms with Gasteiger partial charge in [0.15, 0.2) is 28.9 Å². The van der Waals surface area contributed by atoms with Crippen LogP contribution in [0.25, 0.3) is 16.6 Å². The second-order valence-corrected chi connectivity index (χ2v) is 11.3. The molecule has 43 heavy (non-hydrogen) atoms. The first-order chi connectivity index (χ1) is 20.8. The number of nitrogens with zero attached hydrogens (tertiary/aromatic N) is 3. The van der Waals surface area contributed by atoms with Gasteiger partial charge in [0.2, 0.25) is 0 Å². The van der Waals surface area contributed by atoms with Crippen LogP contribution in [0.3, 0.4) is 0 Å².